The van der Waals surface area contributed by atoms with E-state index in [0.29, 0.717) is 19.0 Å². The highest BCUT2D eigenvalue weighted by molar-refractivity contribution is 5.49. The fourth-order valence-corrected chi connectivity index (χ4v) is 2.89. The van der Waals surface area contributed by atoms with Crippen LogP contribution in [-0.2, 0) is 4.79 Å². The smallest absolute Gasteiger partial charge is 0.247 e. The van der Waals surface area contributed by atoms with E-state index >= 15 is 0 Å². The molecule has 2 fully saturated rings. The Bertz CT molecular complexity index is 496. The predicted octanol–water partition coefficient (Wildman–Crippen LogP) is -0.708. The molecule has 3 heterocycles. The molecule has 2 aliphatic rings. The first-order valence-corrected chi connectivity index (χ1v) is 7.91. The van der Waals surface area contributed by atoms with Gasteiger partial charge in [0.2, 0.25) is 12.4 Å². The van der Waals surface area contributed by atoms with Crippen LogP contribution in [0.1, 0.15) is 6.92 Å². The molecular formula is C14H23N7O. The van der Waals surface area contributed by atoms with Crippen LogP contribution in [0.2, 0.25) is 0 Å². The third-order valence-corrected chi connectivity index (χ3v) is 4.42. The lowest BCUT2D eigenvalue weighted by Crippen LogP contribution is -2.47. The summed E-state index contributed by atoms with van der Waals surface area (Å²) in [6, 6.07) is 0. The molecule has 8 nitrogen and oxygen atoms in total. The zero-order valence-electron chi connectivity index (χ0n) is 13.1. The fourth-order valence-electron chi connectivity index (χ4n) is 2.89. The molecule has 0 aromatic carbocycles. The van der Waals surface area contributed by atoms with Crippen molar-refractivity contribution in [1.29, 1.82) is 0 Å². The number of carbonyl (C=O) groups excluding carboxylic acids is 1. The van der Waals surface area contributed by atoms with Gasteiger partial charge in [0.05, 0.1) is 6.20 Å². The Kier molecular flexibility index (Phi) is 4.67. The van der Waals surface area contributed by atoms with Crippen LogP contribution in [0, 0.1) is 0 Å². The number of amides is 1. The summed E-state index contributed by atoms with van der Waals surface area (Å²) < 4.78 is 0. The van der Waals surface area contributed by atoms with E-state index in [1.807, 2.05) is 0 Å². The van der Waals surface area contributed by atoms with Gasteiger partial charge in [-0.3, -0.25) is 4.79 Å². The van der Waals surface area contributed by atoms with Gasteiger partial charge in [-0.1, -0.05) is 6.92 Å². The van der Waals surface area contributed by atoms with Crippen molar-refractivity contribution in [3.63, 3.8) is 0 Å². The van der Waals surface area contributed by atoms with Gasteiger partial charge < -0.3 is 19.6 Å². The number of hydrogen-bond donors (Lipinski definition) is 0. The Labute approximate surface area is 130 Å². The number of hydrogen-bond acceptors (Lipinski definition) is 7. The molecule has 2 saturated heterocycles. The van der Waals surface area contributed by atoms with Crippen molar-refractivity contribution in [3.8, 4) is 0 Å². The molecule has 0 unspecified atom stereocenters. The largest absolute Gasteiger partial charge is 0.353 e. The maximum absolute atomic E-state index is 10.8. The molecule has 1 aromatic heterocycles. The minimum absolute atomic E-state index is 0.668. The van der Waals surface area contributed by atoms with Crippen LogP contribution in [0.4, 0.5) is 11.8 Å². The SMILES string of the molecule is CCN1CCN(c2cnnc(N3CCN(C=O)CC3)n2)CC1. The predicted molar refractivity (Wildman–Crippen MR) is 84.0 cm³/mol. The van der Waals surface area contributed by atoms with Crippen LogP contribution in [0.3, 0.4) is 0 Å². The van der Waals surface area contributed by atoms with E-state index in [-0.39, 0.29) is 0 Å². The van der Waals surface area contributed by atoms with Crippen LogP contribution >= 0.6 is 0 Å². The third-order valence-electron chi connectivity index (χ3n) is 4.42. The van der Waals surface area contributed by atoms with Gasteiger partial charge in [-0.25, -0.2) is 0 Å². The normalized spacial score (nSPS) is 20.3. The van der Waals surface area contributed by atoms with E-state index < -0.39 is 0 Å². The van der Waals surface area contributed by atoms with E-state index in [1.165, 1.54) is 0 Å². The van der Waals surface area contributed by atoms with Crippen molar-refractivity contribution in [3.05, 3.63) is 6.20 Å². The molecule has 0 N–H and O–H groups in total. The number of piperazine rings is 2. The highest BCUT2D eigenvalue weighted by atomic mass is 16.1. The van der Waals surface area contributed by atoms with Crippen LogP contribution in [0.25, 0.3) is 0 Å². The quantitative estimate of drug-likeness (QED) is 0.681. The van der Waals surface area contributed by atoms with Crippen molar-refractivity contribution in [2.75, 3.05) is 68.7 Å². The number of nitrogens with zero attached hydrogens (tertiary/aromatic N) is 7. The van der Waals surface area contributed by atoms with E-state index in [0.717, 1.165) is 58.0 Å². The van der Waals surface area contributed by atoms with Crippen molar-refractivity contribution in [2.24, 2.45) is 0 Å². The molecule has 0 saturated carbocycles. The van der Waals surface area contributed by atoms with Gasteiger partial charge in [0.25, 0.3) is 0 Å². The second kappa shape index (κ2) is 6.87. The lowest BCUT2D eigenvalue weighted by Gasteiger charge is -2.35. The number of likely N-dealkylation sites (N-methyl/N-ethyl adjacent to an activating group) is 1. The van der Waals surface area contributed by atoms with Gasteiger partial charge in [0.15, 0.2) is 5.82 Å². The van der Waals surface area contributed by atoms with Crippen LogP contribution in [-0.4, -0.2) is 90.3 Å². The first-order valence-electron chi connectivity index (χ1n) is 7.91. The minimum Gasteiger partial charge on any atom is -0.353 e. The lowest BCUT2D eigenvalue weighted by molar-refractivity contribution is -0.118. The molecular weight excluding hydrogens is 282 g/mol. The van der Waals surface area contributed by atoms with Crippen LogP contribution < -0.4 is 9.80 Å². The second-order valence-electron chi connectivity index (χ2n) is 5.66. The average molecular weight is 305 g/mol. The molecule has 0 aliphatic carbocycles. The summed E-state index contributed by atoms with van der Waals surface area (Å²) in [5.74, 6) is 1.57. The average Bonchev–Trinajstić information content (AvgIpc) is 2.62. The Morgan fingerprint density at radius 3 is 2.36 bits per heavy atom. The molecule has 0 atom stereocenters. The number of aromatic nitrogens is 3. The summed E-state index contributed by atoms with van der Waals surface area (Å²) in [6.07, 6.45) is 2.65. The molecule has 1 amide bonds. The first kappa shape index (κ1) is 15.0. The molecule has 0 spiro atoms. The fraction of sp³-hybridized carbons (Fsp3) is 0.714. The molecule has 0 bridgehead atoms. The standard InChI is InChI=1S/C14H23N7O/c1-2-18-3-7-20(8-4-18)13-11-15-17-14(16-13)21-9-5-19(12-22)6-10-21/h11-12H,2-10H2,1H3. The molecule has 3 rings (SSSR count). The van der Waals surface area contributed by atoms with Gasteiger partial charge >= 0.3 is 0 Å². The molecule has 120 valence electrons. The van der Waals surface area contributed by atoms with Crippen molar-refractivity contribution < 1.29 is 4.79 Å². The monoisotopic (exact) mass is 305 g/mol. The second-order valence-corrected chi connectivity index (χ2v) is 5.66. The number of carbonyl (C=O) groups is 1. The highest BCUT2D eigenvalue weighted by Crippen LogP contribution is 2.16. The number of anilines is 2. The van der Waals surface area contributed by atoms with Crippen molar-refractivity contribution >= 4 is 18.2 Å². The van der Waals surface area contributed by atoms with Crippen molar-refractivity contribution in [1.82, 2.24) is 25.0 Å². The van der Waals surface area contributed by atoms with E-state index in [1.54, 1.807) is 11.1 Å². The van der Waals surface area contributed by atoms with Gasteiger partial charge in [0.1, 0.15) is 0 Å². The van der Waals surface area contributed by atoms with E-state index in [4.69, 9.17) is 0 Å². The molecule has 1 aromatic rings. The summed E-state index contributed by atoms with van der Waals surface area (Å²) in [5.41, 5.74) is 0. The zero-order valence-corrected chi connectivity index (χ0v) is 13.1. The summed E-state index contributed by atoms with van der Waals surface area (Å²) in [5, 5.41) is 8.28. The topological polar surface area (TPSA) is 68.7 Å². The van der Waals surface area contributed by atoms with E-state index in [9.17, 15) is 4.79 Å². The molecule has 2 aliphatic heterocycles. The highest BCUT2D eigenvalue weighted by Gasteiger charge is 2.21. The maximum Gasteiger partial charge on any atom is 0.247 e. The van der Waals surface area contributed by atoms with Gasteiger partial charge in [0, 0.05) is 52.4 Å². The molecule has 0 radical (unpaired) electrons. The minimum atomic E-state index is 0.668. The summed E-state index contributed by atoms with van der Waals surface area (Å²) >= 11 is 0. The first-order chi connectivity index (χ1) is 10.8. The Morgan fingerprint density at radius 1 is 1.05 bits per heavy atom. The Hall–Kier alpha value is -1.96. The third kappa shape index (κ3) is 3.27. The van der Waals surface area contributed by atoms with Gasteiger partial charge in [-0.05, 0) is 6.54 Å². The maximum atomic E-state index is 10.8. The summed E-state index contributed by atoms with van der Waals surface area (Å²) in [6.45, 7) is 10.3. The summed E-state index contributed by atoms with van der Waals surface area (Å²) in [7, 11) is 0. The van der Waals surface area contributed by atoms with Gasteiger partial charge in [-0.2, -0.15) is 10.1 Å². The van der Waals surface area contributed by atoms with Crippen molar-refractivity contribution in [2.45, 2.75) is 6.92 Å². The molecule has 22 heavy (non-hydrogen) atoms. The summed E-state index contributed by atoms with van der Waals surface area (Å²) in [4.78, 5) is 24.0. The van der Waals surface area contributed by atoms with Gasteiger partial charge in [-0.15, -0.1) is 5.10 Å². The Morgan fingerprint density at radius 2 is 1.73 bits per heavy atom. The van der Waals surface area contributed by atoms with Crippen LogP contribution in [0.5, 0.6) is 0 Å². The lowest BCUT2D eigenvalue weighted by atomic mass is 10.3. The number of rotatable bonds is 4. The zero-order chi connectivity index (χ0) is 15.4. The Balaban J connectivity index is 1.64. The van der Waals surface area contributed by atoms with E-state index in [2.05, 4.69) is 36.8 Å². The molecule has 8 heteroatoms. The van der Waals surface area contributed by atoms with Crippen LogP contribution in [0.15, 0.2) is 6.20 Å².